The zero-order valence-corrected chi connectivity index (χ0v) is 19.4. The van der Waals surface area contributed by atoms with E-state index in [0.29, 0.717) is 18.5 Å². The molecular weight excluding hydrogens is 418 g/mol. The zero-order valence-electron chi connectivity index (χ0n) is 19.4. The number of aromatic nitrogens is 1. The molecule has 1 aromatic carbocycles. The molecule has 7 heteroatoms. The first-order chi connectivity index (χ1) is 15.9. The van der Waals surface area contributed by atoms with E-state index < -0.39 is 11.6 Å². The molecule has 2 aliphatic heterocycles. The minimum Gasteiger partial charge on any atom is -0.376 e. The predicted octanol–water partition coefficient (Wildman–Crippen LogP) is 3.64. The molecule has 5 rings (SSSR count). The molecule has 2 aromatic rings. The first-order valence-electron chi connectivity index (χ1n) is 11.9. The van der Waals surface area contributed by atoms with Crippen LogP contribution in [-0.2, 0) is 28.0 Å². The molecule has 3 heterocycles. The Labute approximate surface area is 194 Å². The van der Waals surface area contributed by atoms with Crippen molar-refractivity contribution in [1.29, 1.82) is 0 Å². The molecule has 2 saturated heterocycles. The van der Waals surface area contributed by atoms with Crippen molar-refractivity contribution in [1.82, 2.24) is 14.8 Å². The Morgan fingerprint density at radius 3 is 2.79 bits per heavy atom. The van der Waals surface area contributed by atoms with E-state index in [1.807, 2.05) is 44.2 Å². The molecule has 7 nitrogen and oxygen atoms in total. The lowest BCUT2D eigenvalue weighted by Gasteiger charge is -2.27. The average molecular weight is 450 g/mol. The van der Waals surface area contributed by atoms with Gasteiger partial charge in [-0.25, -0.2) is 4.79 Å². The molecule has 174 valence electrons. The third-order valence-electron chi connectivity index (χ3n) is 7.49. The van der Waals surface area contributed by atoms with Gasteiger partial charge in [0.25, 0.3) is 5.91 Å². The van der Waals surface area contributed by atoms with Crippen molar-refractivity contribution in [3.05, 3.63) is 58.4 Å². The number of carbonyl (C=O) groups excluding carboxylic acids is 3. The first-order valence-corrected chi connectivity index (χ1v) is 11.9. The summed E-state index contributed by atoms with van der Waals surface area (Å²) in [7, 11) is 0. The van der Waals surface area contributed by atoms with Gasteiger partial charge in [-0.05, 0) is 69.6 Å². The topological polar surface area (TPSA) is 80.6 Å². The monoisotopic (exact) mass is 449 g/mol. The molecule has 2 fully saturated rings. The lowest BCUT2D eigenvalue weighted by Crippen LogP contribution is -2.44. The largest absolute Gasteiger partial charge is 0.376 e. The van der Waals surface area contributed by atoms with Gasteiger partial charge in [0.2, 0.25) is 0 Å². The minimum atomic E-state index is -1.07. The van der Waals surface area contributed by atoms with Gasteiger partial charge in [-0.2, -0.15) is 0 Å². The maximum atomic E-state index is 13.6. The summed E-state index contributed by atoms with van der Waals surface area (Å²) in [6.07, 6.45) is 5.49. The number of carbonyl (C=O) groups is 3. The maximum Gasteiger partial charge on any atom is 0.325 e. The predicted molar refractivity (Wildman–Crippen MR) is 123 cm³/mol. The van der Waals surface area contributed by atoms with E-state index in [1.165, 1.54) is 0 Å². The van der Waals surface area contributed by atoms with Crippen LogP contribution in [0.2, 0.25) is 0 Å². The van der Waals surface area contributed by atoms with Crippen LogP contribution in [0.3, 0.4) is 0 Å². The van der Waals surface area contributed by atoms with E-state index in [4.69, 9.17) is 4.74 Å². The fourth-order valence-electron chi connectivity index (χ4n) is 5.70. The number of benzene rings is 1. The highest BCUT2D eigenvalue weighted by atomic mass is 16.5. The standard InChI is InChI=1S/C26H31N3O4/c1-17-14-21(18(2)28(17)15-20-10-7-13-33-20)23(30)16-29-24(31)26(27-25(29)32)12-6-5-9-19-8-3-4-11-22(19)26/h3-4,8,11,14,20H,5-7,9-10,12-13,15-16H2,1-2H3,(H,27,32)/t20-,26-/m0/s1. The molecule has 0 radical (unpaired) electrons. The van der Waals surface area contributed by atoms with Gasteiger partial charge in [0, 0.05) is 30.1 Å². The van der Waals surface area contributed by atoms with Gasteiger partial charge in [-0.15, -0.1) is 0 Å². The maximum absolute atomic E-state index is 13.6. The first kappa shape index (κ1) is 21.9. The number of hydrogen-bond donors (Lipinski definition) is 1. The Hall–Kier alpha value is -2.93. The summed E-state index contributed by atoms with van der Waals surface area (Å²) in [5.74, 6) is -0.535. The number of hydrogen-bond acceptors (Lipinski definition) is 4. The number of rotatable bonds is 5. The fraction of sp³-hybridized carbons (Fsp3) is 0.500. The SMILES string of the molecule is Cc1cc(C(=O)CN2C(=O)N[C@]3(CCCCc4ccccc43)C2=O)c(C)n1C[C@@H]1CCCO1. The fourth-order valence-corrected chi connectivity index (χ4v) is 5.70. The molecule has 0 unspecified atom stereocenters. The van der Waals surface area contributed by atoms with Crippen molar-refractivity contribution < 1.29 is 19.1 Å². The van der Waals surface area contributed by atoms with Crippen LogP contribution in [0.5, 0.6) is 0 Å². The highest BCUT2D eigenvalue weighted by Gasteiger charge is 2.53. The number of nitrogens with zero attached hydrogens (tertiary/aromatic N) is 2. The Balaban J connectivity index is 1.39. The van der Waals surface area contributed by atoms with Crippen molar-refractivity contribution in [2.45, 2.75) is 70.6 Å². The highest BCUT2D eigenvalue weighted by molar-refractivity contribution is 6.11. The van der Waals surface area contributed by atoms with Crippen molar-refractivity contribution in [3.63, 3.8) is 0 Å². The van der Waals surface area contributed by atoms with Gasteiger partial charge < -0.3 is 14.6 Å². The van der Waals surface area contributed by atoms with E-state index in [2.05, 4.69) is 9.88 Å². The highest BCUT2D eigenvalue weighted by Crippen LogP contribution is 2.39. The number of aryl methyl sites for hydroxylation is 2. The van der Waals surface area contributed by atoms with Crippen molar-refractivity contribution in [2.24, 2.45) is 0 Å². The van der Waals surface area contributed by atoms with Crippen LogP contribution >= 0.6 is 0 Å². The molecule has 1 spiro atoms. The molecule has 1 aromatic heterocycles. The summed E-state index contributed by atoms with van der Waals surface area (Å²) >= 11 is 0. The molecule has 33 heavy (non-hydrogen) atoms. The number of ketones is 1. The van der Waals surface area contributed by atoms with Crippen LogP contribution in [-0.4, -0.2) is 46.4 Å². The summed E-state index contributed by atoms with van der Waals surface area (Å²) in [6.45, 7) is 5.15. The van der Waals surface area contributed by atoms with E-state index >= 15 is 0 Å². The van der Waals surface area contributed by atoms with Crippen molar-refractivity contribution in [3.8, 4) is 0 Å². The van der Waals surface area contributed by atoms with E-state index in [-0.39, 0.29) is 24.3 Å². The summed E-state index contributed by atoms with van der Waals surface area (Å²) in [6, 6.07) is 9.20. The number of imide groups is 1. The average Bonchev–Trinajstić information content (AvgIpc) is 3.44. The van der Waals surface area contributed by atoms with Gasteiger partial charge >= 0.3 is 6.03 Å². The molecule has 1 N–H and O–H groups in total. The number of Topliss-reactive ketones (excluding diaryl/α,β-unsaturated/α-hetero) is 1. The molecular formula is C26H31N3O4. The number of fused-ring (bicyclic) bond motifs is 2. The van der Waals surface area contributed by atoms with Crippen LogP contribution in [0, 0.1) is 13.8 Å². The third kappa shape index (κ3) is 3.68. The second kappa shape index (κ2) is 8.45. The number of amides is 3. The lowest BCUT2D eigenvalue weighted by atomic mass is 9.84. The van der Waals surface area contributed by atoms with Crippen LogP contribution in [0.15, 0.2) is 30.3 Å². The summed E-state index contributed by atoms with van der Waals surface area (Å²) in [5, 5.41) is 2.97. The Kier molecular flexibility index (Phi) is 5.60. The van der Waals surface area contributed by atoms with Gasteiger partial charge in [0.05, 0.1) is 12.6 Å². The van der Waals surface area contributed by atoms with Gasteiger partial charge in [0.15, 0.2) is 5.78 Å². The second-order valence-corrected chi connectivity index (χ2v) is 9.54. The summed E-state index contributed by atoms with van der Waals surface area (Å²) < 4.78 is 7.87. The molecule has 3 aliphatic rings. The van der Waals surface area contributed by atoms with Gasteiger partial charge in [0.1, 0.15) is 5.54 Å². The van der Waals surface area contributed by atoms with Crippen LogP contribution < -0.4 is 5.32 Å². The Morgan fingerprint density at radius 1 is 1.18 bits per heavy atom. The minimum absolute atomic E-state index is 0.166. The number of nitrogens with one attached hydrogen (secondary N) is 1. The van der Waals surface area contributed by atoms with E-state index in [0.717, 1.165) is 66.1 Å². The van der Waals surface area contributed by atoms with E-state index in [9.17, 15) is 14.4 Å². The van der Waals surface area contributed by atoms with E-state index in [1.54, 1.807) is 0 Å². The number of urea groups is 1. The van der Waals surface area contributed by atoms with Crippen LogP contribution in [0.25, 0.3) is 0 Å². The smallest absolute Gasteiger partial charge is 0.325 e. The Morgan fingerprint density at radius 2 is 2.00 bits per heavy atom. The Bertz CT molecular complexity index is 1110. The van der Waals surface area contributed by atoms with Crippen LogP contribution in [0.1, 0.15) is 65.0 Å². The van der Waals surface area contributed by atoms with Crippen LogP contribution in [0.4, 0.5) is 4.79 Å². The summed E-state index contributed by atoms with van der Waals surface area (Å²) in [5.41, 5.74) is 3.29. The normalized spacial score (nSPS) is 24.8. The third-order valence-corrected chi connectivity index (χ3v) is 7.49. The van der Waals surface area contributed by atoms with Crippen molar-refractivity contribution >= 4 is 17.7 Å². The van der Waals surface area contributed by atoms with Crippen molar-refractivity contribution in [2.75, 3.05) is 13.2 Å². The quantitative estimate of drug-likeness (QED) is 0.558. The molecule has 2 atom stereocenters. The molecule has 3 amide bonds. The van der Waals surface area contributed by atoms with Gasteiger partial charge in [-0.3, -0.25) is 14.5 Å². The number of ether oxygens (including phenoxy) is 1. The molecule has 0 saturated carbocycles. The molecule has 0 bridgehead atoms. The zero-order chi connectivity index (χ0) is 23.2. The summed E-state index contributed by atoms with van der Waals surface area (Å²) in [4.78, 5) is 41.0. The second-order valence-electron chi connectivity index (χ2n) is 9.54. The molecule has 1 aliphatic carbocycles. The van der Waals surface area contributed by atoms with Gasteiger partial charge in [-0.1, -0.05) is 24.3 Å². The lowest BCUT2D eigenvalue weighted by molar-refractivity contribution is -0.131.